The molecule has 1 aliphatic carbocycles. The van der Waals surface area contributed by atoms with E-state index in [1.807, 2.05) is 57.4 Å². The quantitative estimate of drug-likeness (QED) is 0.0205. The Morgan fingerprint density at radius 1 is 0.959 bits per heavy atom. The maximum Gasteiger partial charge on any atom is 0.246 e. The van der Waals surface area contributed by atoms with Crippen molar-refractivity contribution in [2.45, 2.75) is 121 Å². The number of anilines is 1. The van der Waals surface area contributed by atoms with Crippen molar-refractivity contribution < 1.29 is 38.5 Å². The van der Waals surface area contributed by atoms with Gasteiger partial charge in [-0.25, -0.2) is 4.98 Å². The summed E-state index contributed by atoms with van der Waals surface area (Å²) in [4.78, 5) is 53.8. The number of thiazole rings is 1. The Kier molecular flexibility index (Phi) is 39.9. The van der Waals surface area contributed by atoms with Crippen LogP contribution >= 0.6 is 22.7 Å². The smallest absolute Gasteiger partial charge is 0.246 e. The van der Waals surface area contributed by atoms with Gasteiger partial charge in [0.25, 0.3) is 0 Å². The van der Waals surface area contributed by atoms with Gasteiger partial charge in [-0.2, -0.15) is 0 Å². The third-order valence-electron chi connectivity index (χ3n) is 10.8. The van der Waals surface area contributed by atoms with Crippen LogP contribution in [-0.2, 0) is 39.9 Å². The molecule has 18 nitrogen and oxygen atoms in total. The zero-order valence-electron chi connectivity index (χ0n) is 46.6. The monoisotopic (exact) mass is 1070 g/mol. The molecular formula is C54H90N10O8S2. The number of amidine groups is 2. The number of aliphatic hydroxyl groups is 1. The van der Waals surface area contributed by atoms with E-state index in [1.165, 1.54) is 33.5 Å². The first kappa shape index (κ1) is 70.6. The van der Waals surface area contributed by atoms with Gasteiger partial charge >= 0.3 is 0 Å². The van der Waals surface area contributed by atoms with Crippen LogP contribution in [-0.4, -0.2) is 126 Å². The number of allylic oxidation sites excluding steroid dienone is 4. The van der Waals surface area contributed by atoms with Crippen molar-refractivity contribution in [3.8, 4) is 10.4 Å². The van der Waals surface area contributed by atoms with Crippen molar-refractivity contribution in [3.05, 3.63) is 80.5 Å². The number of ether oxygens (including phenoxy) is 3. The highest BCUT2D eigenvalue weighted by atomic mass is 32.1. The third-order valence-corrected chi connectivity index (χ3v) is 13.0. The molecule has 1 aromatic carbocycles. The second kappa shape index (κ2) is 41.8. The fourth-order valence-electron chi connectivity index (χ4n) is 7.38. The highest BCUT2D eigenvalue weighted by Crippen LogP contribution is 2.40. The second-order valence-corrected chi connectivity index (χ2v) is 19.3. The summed E-state index contributed by atoms with van der Waals surface area (Å²) in [6, 6.07) is 8.19. The lowest BCUT2D eigenvalue weighted by molar-refractivity contribution is -0.128. The summed E-state index contributed by atoms with van der Waals surface area (Å²) in [6.07, 6.45) is 9.95. The number of aliphatic hydroxyl groups excluding tert-OH is 1. The molecule has 0 radical (unpaired) electrons. The van der Waals surface area contributed by atoms with Crippen LogP contribution in [0.25, 0.3) is 10.4 Å². The van der Waals surface area contributed by atoms with Crippen LogP contribution in [0.3, 0.4) is 0 Å². The predicted molar refractivity (Wildman–Crippen MR) is 307 cm³/mol. The topological polar surface area (TPSA) is 281 Å². The van der Waals surface area contributed by atoms with Crippen LogP contribution in [0, 0.1) is 42.9 Å². The van der Waals surface area contributed by atoms with Gasteiger partial charge in [0.1, 0.15) is 30.1 Å². The Morgan fingerprint density at radius 2 is 1.55 bits per heavy atom. The van der Waals surface area contributed by atoms with Gasteiger partial charge in [0.2, 0.25) is 18.7 Å². The molecule has 3 amide bonds. The van der Waals surface area contributed by atoms with Crippen LogP contribution in [0.2, 0.25) is 0 Å². The number of hydrogen-bond acceptors (Lipinski definition) is 16. The van der Waals surface area contributed by atoms with E-state index in [0.29, 0.717) is 76.5 Å². The molecule has 416 valence electrons. The minimum Gasteiger partial charge on any atom is -0.402 e. The molecule has 0 saturated heterocycles. The first-order valence-corrected chi connectivity index (χ1v) is 26.6. The Hall–Kier alpha value is -5.48. The zero-order valence-corrected chi connectivity index (χ0v) is 48.2. The number of rotatable bonds is 22. The number of thiophene rings is 1. The number of hydrogen-bond donors (Lipinski definition) is 8. The van der Waals surface area contributed by atoms with Crippen molar-refractivity contribution in [2.24, 2.45) is 27.8 Å². The number of carbonyl (C=O) groups excluding carboxylic acids is 4. The lowest BCUT2D eigenvalue weighted by Crippen LogP contribution is -2.49. The number of fused-ring (bicyclic) bond motifs is 1. The van der Waals surface area contributed by atoms with E-state index in [1.54, 1.807) is 34.5 Å². The Bertz CT molecular complexity index is 2150. The summed E-state index contributed by atoms with van der Waals surface area (Å²) in [5.41, 5.74) is 20.8. The number of aromatic nitrogens is 1. The molecule has 3 heterocycles. The Balaban J connectivity index is 0. The van der Waals surface area contributed by atoms with Crippen molar-refractivity contribution in [1.82, 2.24) is 20.9 Å². The van der Waals surface area contributed by atoms with E-state index in [9.17, 15) is 14.4 Å². The SMILES string of the molecule is C=O.CC.CC(=N)N1C(=N)CN=C(C2=CC=C(N)CC2)c2c1sc(C)c2C.CCCOCCOCCOCC(=O)NC(C(C)CCCNC=O)C(C)(C)C.CN.CO.Cc1ncsc1-c1ccc(CNC=O)cc1. The first-order valence-electron chi connectivity index (χ1n) is 24.9. The minimum atomic E-state index is -0.112. The number of nitrogens with two attached hydrogens (primary N) is 2. The molecule has 2 aromatic heterocycles. The number of aliphatic imine (C=N–C) groups is 1. The maximum absolute atomic E-state index is 12.2. The van der Waals surface area contributed by atoms with E-state index in [0.717, 1.165) is 79.1 Å². The van der Waals surface area contributed by atoms with Gasteiger partial charge < -0.3 is 51.5 Å². The molecule has 0 saturated carbocycles. The van der Waals surface area contributed by atoms with Gasteiger partial charge in [-0.05, 0) is 107 Å². The summed E-state index contributed by atoms with van der Waals surface area (Å²) in [6.45, 7) is 28.7. The third kappa shape index (κ3) is 26.1. The van der Waals surface area contributed by atoms with E-state index >= 15 is 0 Å². The van der Waals surface area contributed by atoms with E-state index in [-0.39, 0.29) is 24.0 Å². The normalized spacial score (nSPS) is 13.1. The van der Waals surface area contributed by atoms with Crippen LogP contribution in [0.4, 0.5) is 5.00 Å². The molecule has 5 rings (SSSR count). The lowest BCUT2D eigenvalue weighted by Gasteiger charge is -2.36. The molecule has 10 N–H and O–H groups in total. The van der Waals surface area contributed by atoms with Gasteiger partial charge in [0.15, 0.2) is 0 Å². The van der Waals surface area contributed by atoms with Crippen molar-refractivity contribution in [1.29, 1.82) is 10.8 Å². The molecule has 0 spiro atoms. The van der Waals surface area contributed by atoms with Gasteiger partial charge in [-0.3, -0.25) is 35.1 Å². The van der Waals surface area contributed by atoms with Gasteiger partial charge in [0, 0.05) is 49.0 Å². The van der Waals surface area contributed by atoms with E-state index in [4.69, 9.17) is 45.7 Å². The summed E-state index contributed by atoms with van der Waals surface area (Å²) in [5.74, 6) is 0.894. The van der Waals surface area contributed by atoms with Crippen LogP contribution in [0.1, 0.15) is 115 Å². The summed E-state index contributed by atoms with van der Waals surface area (Å²) >= 11 is 3.28. The van der Waals surface area contributed by atoms with Gasteiger partial charge in [-0.15, -0.1) is 22.7 Å². The largest absolute Gasteiger partial charge is 0.402 e. The van der Waals surface area contributed by atoms with Crippen molar-refractivity contribution in [2.75, 3.05) is 71.8 Å². The number of aryl methyl sites for hydroxylation is 2. The predicted octanol–water partition coefficient (Wildman–Crippen LogP) is 8.04. The van der Waals surface area contributed by atoms with Crippen LogP contribution < -0.4 is 32.3 Å². The van der Waals surface area contributed by atoms with Crippen molar-refractivity contribution in [3.63, 3.8) is 0 Å². The van der Waals surface area contributed by atoms with E-state index < -0.39 is 0 Å². The Labute approximate surface area is 450 Å². The molecule has 2 unspecified atom stereocenters. The van der Waals surface area contributed by atoms with Crippen LogP contribution in [0.5, 0.6) is 0 Å². The van der Waals surface area contributed by atoms with Gasteiger partial charge in [0.05, 0.1) is 54.8 Å². The first-order chi connectivity index (χ1) is 35.5. The van der Waals surface area contributed by atoms with Gasteiger partial charge in [-0.1, -0.05) is 78.8 Å². The van der Waals surface area contributed by atoms with Crippen LogP contribution in [0.15, 0.2) is 58.2 Å². The molecule has 74 heavy (non-hydrogen) atoms. The number of nitrogens with one attached hydrogen (secondary N) is 5. The molecule has 2 aliphatic rings. The molecule has 3 aromatic rings. The minimum absolute atomic E-state index is 0.0295. The second-order valence-electron chi connectivity index (χ2n) is 17.3. The molecule has 20 heteroatoms. The molecule has 0 fully saturated rings. The fourth-order valence-corrected chi connectivity index (χ4v) is 9.43. The average molecular weight is 1070 g/mol. The number of nitrogens with zero attached hydrogens (tertiary/aromatic N) is 3. The number of amides is 3. The van der Waals surface area contributed by atoms with E-state index in [2.05, 4.69) is 87.3 Å². The highest BCUT2D eigenvalue weighted by Gasteiger charge is 2.32. The number of benzene rings is 1. The fraction of sp³-hybridized carbons (Fsp3) is 0.556. The van der Waals surface area contributed by atoms with Crippen molar-refractivity contribution >= 4 is 70.6 Å². The lowest BCUT2D eigenvalue weighted by atomic mass is 9.78. The molecule has 2 atom stereocenters. The summed E-state index contributed by atoms with van der Waals surface area (Å²) < 4.78 is 16.1. The maximum atomic E-state index is 12.2. The Morgan fingerprint density at radius 3 is 2.07 bits per heavy atom. The summed E-state index contributed by atoms with van der Waals surface area (Å²) in [5, 5.41) is 32.7. The summed E-state index contributed by atoms with van der Waals surface area (Å²) in [7, 11) is 2.50. The average Bonchev–Trinajstić information content (AvgIpc) is 3.92. The molecular weight excluding hydrogens is 981 g/mol. The molecule has 1 aliphatic heterocycles. The number of carbonyl (C=O) groups is 4. The zero-order chi connectivity index (χ0) is 56.6. The standard InChI is InChI=1S/C20H40N2O5.C17H21N5S.C12H12N2OS.C2H6.CH5N.CH4O.CH2O/c1-6-10-25-11-12-26-13-14-27-15-18(24)22-19(20(3,4)5)17(2)8-7-9-21-16-23;1-9-10(2)23-17-15(9)16(12-4-6-13(19)7-5-12)21-8-14(20)22(17)11(3)18;1-9-12(16-8-14-9)11-4-2-10(3-5-11)6-13-7-15;4*1-2/h16-17,19H,6-15H2,1-5H3,(H,21,23)(H,22,24);4,6,18,20H,5,7-8,19H2,1-3H3;2-5,7-8H,6H2,1H3,(H,13,15);1-2H3;2H2,1H3;2H,1H3;1H2. The molecule has 0 bridgehead atoms. The highest BCUT2D eigenvalue weighted by molar-refractivity contribution is 7.17.